The Balaban J connectivity index is 1.32. The van der Waals surface area contributed by atoms with Gasteiger partial charge in [-0.2, -0.15) is 8.82 Å². The van der Waals surface area contributed by atoms with Gasteiger partial charge in [-0.25, -0.2) is 13.2 Å². The Bertz CT molecular complexity index is 1200. The first-order valence-electron chi connectivity index (χ1n) is 9.36. The van der Waals surface area contributed by atoms with Gasteiger partial charge in [-0.15, -0.1) is 15.3 Å². The Labute approximate surface area is 172 Å². The van der Waals surface area contributed by atoms with Gasteiger partial charge in [-0.3, -0.25) is 5.32 Å². The first kappa shape index (κ1) is 18.8. The number of nitrogens with zero attached hydrogens (tertiary/aromatic N) is 6. The quantitative estimate of drug-likeness (QED) is 0.651. The van der Waals surface area contributed by atoms with Crippen molar-refractivity contribution in [1.29, 1.82) is 0 Å². The van der Waals surface area contributed by atoms with Gasteiger partial charge >= 0.3 is 6.09 Å². The van der Waals surface area contributed by atoms with Crippen LogP contribution in [0.15, 0.2) is 47.6 Å². The monoisotopic (exact) mass is 429 g/mol. The van der Waals surface area contributed by atoms with Crippen molar-refractivity contribution in [1.82, 2.24) is 24.1 Å². The summed E-state index contributed by atoms with van der Waals surface area (Å²) in [6, 6.07) is 9.57. The molecule has 2 aromatic heterocycles. The molecule has 5 heterocycles. The van der Waals surface area contributed by atoms with Crippen LogP contribution in [0.1, 0.15) is 6.42 Å². The lowest BCUT2D eigenvalue weighted by Gasteiger charge is -2.55. The van der Waals surface area contributed by atoms with Crippen LogP contribution in [0.5, 0.6) is 0 Å². The maximum atomic E-state index is 13.2. The molecule has 3 aromatic rings. The normalized spacial score (nSPS) is 21.3. The predicted octanol–water partition coefficient (Wildman–Crippen LogP) is 0.954. The number of aromatic nitrogens is 4. The molecular weight excluding hydrogens is 410 g/mol. The molecule has 2 unspecified atom stereocenters. The molecule has 11 nitrogen and oxygen atoms in total. The van der Waals surface area contributed by atoms with E-state index in [2.05, 4.69) is 30.2 Å². The Kier molecular flexibility index (Phi) is 4.33. The van der Waals surface area contributed by atoms with Crippen LogP contribution in [-0.2, 0) is 14.8 Å². The standard InChI is InChI=1S/C18H19N7O4S/c1-29-18(26)20-12-2-4-15(5-3-12)30(27,28)25-13-8-14(25)10-23(9-13)17-7-6-16-21-19-11-24(16)22-17/h2-7,11,13-14H,8-10H2,1H3,(H,20,26). The van der Waals surface area contributed by atoms with E-state index < -0.39 is 16.1 Å². The number of amides is 1. The average Bonchev–Trinajstić information content (AvgIpc) is 3.21. The lowest BCUT2D eigenvalue weighted by atomic mass is 9.91. The van der Waals surface area contributed by atoms with Crippen molar-refractivity contribution >= 4 is 33.3 Å². The molecule has 30 heavy (non-hydrogen) atoms. The highest BCUT2D eigenvalue weighted by Gasteiger charge is 2.51. The third-order valence-corrected chi connectivity index (χ3v) is 7.48. The maximum Gasteiger partial charge on any atom is 0.411 e. The van der Waals surface area contributed by atoms with Gasteiger partial charge in [-0.05, 0) is 42.8 Å². The zero-order valence-electron chi connectivity index (χ0n) is 16.0. The van der Waals surface area contributed by atoms with Gasteiger partial charge in [-0.1, -0.05) is 0 Å². The van der Waals surface area contributed by atoms with E-state index in [-0.39, 0.29) is 17.0 Å². The average molecular weight is 429 g/mol. The molecule has 1 amide bonds. The lowest BCUT2D eigenvalue weighted by molar-refractivity contribution is 0.0873. The summed E-state index contributed by atoms with van der Waals surface area (Å²) < 4.78 is 34.0. The minimum atomic E-state index is -3.63. The summed E-state index contributed by atoms with van der Waals surface area (Å²) in [6.45, 7) is 1.14. The Morgan fingerprint density at radius 3 is 2.57 bits per heavy atom. The van der Waals surface area contributed by atoms with Crippen molar-refractivity contribution < 1.29 is 17.9 Å². The van der Waals surface area contributed by atoms with Crippen molar-refractivity contribution in [3.8, 4) is 0 Å². The van der Waals surface area contributed by atoms with Crippen LogP contribution >= 0.6 is 0 Å². The minimum absolute atomic E-state index is 0.111. The van der Waals surface area contributed by atoms with Gasteiger partial charge in [0, 0.05) is 30.9 Å². The van der Waals surface area contributed by atoms with Crippen molar-refractivity contribution in [3.05, 3.63) is 42.7 Å². The number of fused-ring (bicyclic) bond motifs is 3. The second-order valence-electron chi connectivity index (χ2n) is 7.25. The molecule has 0 saturated carbocycles. The predicted molar refractivity (Wildman–Crippen MR) is 107 cm³/mol. The summed E-state index contributed by atoms with van der Waals surface area (Å²) >= 11 is 0. The number of piperidine rings is 1. The molecule has 1 N–H and O–H groups in total. The number of anilines is 2. The number of methoxy groups -OCH3 is 1. The molecule has 6 rings (SSSR count). The number of hydrogen-bond acceptors (Lipinski definition) is 8. The van der Waals surface area contributed by atoms with E-state index in [9.17, 15) is 13.2 Å². The largest absolute Gasteiger partial charge is 0.453 e. The molecular formula is C18H19N7O4S. The van der Waals surface area contributed by atoms with Crippen LogP contribution in [-0.4, -0.2) is 70.9 Å². The fourth-order valence-corrected chi connectivity index (χ4v) is 5.86. The van der Waals surface area contributed by atoms with Crippen LogP contribution in [0.4, 0.5) is 16.3 Å². The molecule has 3 fully saturated rings. The van der Waals surface area contributed by atoms with E-state index in [1.165, 1.54) is 19.2 Å². The van der Waals surface area contributed by atoms with Crippen LogP contribution in [0.25, 0.3) is 5.65 Å². The Hall–Kier alpha value is -3.25. The zero-order valence-corrected chi connectivity index (χ0v) is 16.9. The molecule has 0 aliphatic carbocycles. The van der Waals surface area contributed by atoms with Gasteiger partial charge in [0.2, 0.25) is 10.0 Å². The van der Waals surface area contributed by atoms with E-state index >= 15 is 0 Å². The van der Waals surface area contributed by atoms with Gasteiger partial charge in [0.25, 0.3) is 0 Å². The van der Waals surface area contributed by atoms with Crippen molar-refractivity contribution in [3.63, 3.8) is 0 Å². The summed E-state index contributed by atoms with van der Waals surface area (Å²) in [5, 5.41) is 14.8. The van der Waals surface area contributed by atoms with Gasteiger partial charge in [0.15, 0.2) is 5.65 Å². The van der Waals surface area contributed by atoms with Crippen molar-refractivity contribution in [2.24, 2.45) is 0 Å². The highest BCUT2D eigenvalue weighted by Crippen LogP contribution is 2.38. The lowest BCUT2D eigenvalue weighted by Crippen LogP contribution is -2.70. The van der Waals surface area contributed by atoms with E-state index in [1.54, 1.807) is 27.3 Å². The number of nitrogens with one attached hydrogen (secondary N) is 1. The van der Waals surface area contributed by atoms with E-state index in [1.807, 2.05) is 12.1 Å². The molecule has 0 radical (unpaired) electrons. The van der Waals surface area contributed by atoms with Gasteiger partial charge < -0.3 is 9.64 Å². The molecule has 12 heteroatoms. The number of hydrogen-bond donors (Lipinski definition) is 1. The molecule has 2 bridgehead atoms. The first-order valence-corrected chi connectivity index (χ1v) is 10.8. The fourth-order valence-electron chi connectivity index (χ4n) is 4.04. The number of benzene rings is 1. The second-order valence-corrected chi connectivity index (χ2v) is 9.09. The molecule has 156 valence electrons. The second kappa shape index (κ2) is 6.92. The highest BCUT2D eigenvalue weighted by atomic mass is 32.2. The highest BCUT2D eigenvalue weighted by molar-refractivity contribution is 7.89. The number of piperazine rings is 1. The number of carbonyl (C=O) groups excluding carboxylic acids is 1. The molecule has 3 aliphatic rings. The number of ether oxygens (including phenoxy) is 1. The SMILES string of the molecule is COC(=O)Nc1ccc(S(=O)(=O)N2C3CC2CN(c2ccc4nncn4n2)C3)cc1. The summed E-state index contributed by atoms with van der Waals surface area (Å²) in [7, 11) is -2.36. The molecule has 0 spiro atoms. The van der Waals surface area contributed by atoms with E-state index in [0.717, 1.165) is 12.2 Å². The maximum absolute atomic E-state index is 13.2. The van der Waals surface area contributed by atoms with Crippen molar-refractivity contribution in [2.75, 3.05) is 30.4 Å². The fraction of sp³-hybridized carbons (Fsp3) is 0.333. The topological polar surface area (TPSA) is 122 Å². The zero-order chi connectivity index (χ0) is 20.9. The number of rotatable bonds is 4. The summed E-state index contributed by atoms with van der Waals surface area (Å²) in [6.07, 6.45) is 1.76. The summed E-state index contributed by atoms with van der Waals surface area (Å²) in [4.78, 5) is 13.6. The number of carbonyl (C=O) groups is 1. The van der Waals surface area contributed by atoms with Crippen LogP contribution in [0, 0.1) is 0 Å². The summed E-state index contributed by atoms with van der Waals surface area (Å²) in [5.74, 6) is 0.771. The van der Waals surface area contributed by atoms with Crippen LogP contribution in [0.3, 0.4) is 0 Å². The van der Waals surface area contributed by atoms with Crippen molar-refractivity contribution in [2.45, 2.75) is 23.4 Å². The molecule has 1 aromatic carbocycles. The molecule has 2 atom stereocenters. The van der Waals surface area contributed by atoms with E-state index in [4.69, 9.17) is 0 Å². The first-order chi connectivity index (χ1) is 14.5. The van der Waals surface area contributed by atoms with Crippen LogP contribution < -0.4 is 10.2 Å². The Morgan fingerprint density at radius 1 is 1.13 bits per heavy atom. The van der Waals surface area contributed by atoms with Gasteiger partial charge in [0.1, 0.15) is 12.1 Å². The van der Waals surface area contributed by atoms with Crippen LogP contribution in [0.2, 0.25) is 0 Å². The van der Waals surface area contributed by atoms with Gasteiger partial charge in [0.05, 0.1) is 12.0 Å². The molecule has 3 saturated heterocycles. The smallest absolute Gasteiger partial charge is 0.411 e. The van der Waals surface area contributed by atoms with E-state index in [0.29, 0.717) is 24.4 Å². The Morgan fingerprint density at radius 2 is 1.87 bits per heavy atom. The minimum Gasteiger partial charge on any atom is -0.453 e. The summed E-state index contributed by atoms with van der Waals surface area (Å²) in [5.41, 5.74) is 1.13. The molecule has 3 aliphatic heterocycles. The number of sulfonamides is 1. The third kappa shape index (κ3) is 3.04. The third-order valence-electron chi connectivity index (χ3n) is 5.46.